The van der Waals surface area contributed by atoms with E-state index >= 15 is 0 Å². The fourth-order valence-electron chi connectivity index (χ4n) is 1.83. The minimum Gasteiger partial charge on any atom is -0.506 e. The van der Waals surface area contributed by atoms with Crippen molar-refractivity contribution in [3.05, 3.63) is 58.1 Å². The summed E-state index contributed by atoms with van der Waals surface area (Å²) < 4.78 is 5.90. The van der Waals surface area contributed by atoms with Gasteiger partial charge in [0.25, 0.3) is 0 Å². The SMILES string of the molecule is COc1cccc(CNCc2cccc(Br)c2O)c1. The van der Waals surface area contributed by atoms with Crippen molar-refractivity contribution in [3.8, 4) is 11.5 Å². The third-order valence-corrected chi connectivity index (χ3v) is 3.49. The predicted molar refractivity (Wildman–Crippen MR) is 79.3 cm³/mol. The summed E-state index contributed by atoms with van der Waals surface area (Å²) in [6, 6.07) is 13.5. The van der Waals surface area contributed by atoms with Gasteiger partial charge in [-0.15, -0.1) is 0 Å². The standard InChI is InChI=1S/C15H16BrNO2/c1-19-13-6-2-4-11(8-13)9-17-10-12-5-3-7-14(16)15(12)18/h2-8,17-18H,9-10H2,1H3. The summed E-state index contributed by atoms with van der Waals surface area (Å²) in [6.45, 7) is 1.34. The number of halogens is 1. The molecule has 4 heteroatoms. The first-order valence-electron chi connectivity index (χ1n) is 6.00. The number of hydrogen-bond donors (Lipinski definition) is 2. The maximum Gasteiger partial charge on any atom is 0.134 e. The van der Waals surface area contributed by atoms with Gasteiger partial charge in [-0.3, -0.25) is 0 Å². The van der Waals surface area contributed by atoms with Gasteiger partial charge in [-0.05, 0) is 39.7 Å². The second-order valence-electron chi connectivity index (χ2n) is 4.20. The molecule has 0 bridgehead atoms. The molecular formula is C15H16BrNO2. The Morgan fingerprint density at radius 1 is 1.16 bits per heavy atom. The molecule has 19 heavy (non-hydrogen) atoms. The van der Waals surface area contributed by atoms with Gasteiger partial charge in [0.2, 0.25) is 0 Å². The molecule has 0 heterocycles. The molecule has 0 amide bonds. The number of phenols is 1. The van der Waals surface area contributed by atoms with Gasteiger partial charge in [-0.25, -0.2) is 0 Å². The highest BCUT2D eigenvalue weighted by Gasteiger charge is 2.04. The number of methoxy groups -OCH3 is 1. The molecule has 100 valence electrons. The van der Waals surface area contributed by atoms with Gasteiger partial charge >= 0.3 is 0 Å². The summed E-state index contributed by atoms with van der Waals surface area (Å²) in [6.07, 6.45) is 0. The molecule has 0 spiro atoms. The van der Waals surface area contributed by atoms with Crippen LogP contribution in [0, 0.1) is 0 Å². The molecule has 0 aromatic heterocycles. The van der Waals surface area contributed by atoms with Crippen molar-refractivity contribution in [2.24, 2.45) is 0 Å². The Labute approximate surface area is 121 Å². The van der Waals surface area contributed by atoms with E-state index in [0.29, 0.717) is 16.8 Å². The Hall–Kier alpha value is -1.52. The van der Waals surface area contributed by atoms with E-state index in [1.54, 1.807) is 7.11 Å². The van der Waals surface area contributed by atoms with Crippen LogP contribution in [-0.2, 0) is 13.1 Å². The van der Waals surface area contributed by atoms with Crippen LogP contribution in [0.1, 0.15) is 11.1 Å². The third kappa shape index (κ3) is 3.72. The summed E-state index contributed by atoms with van der Waals surface area (Å²) >= 11 is 3.31. The summed E-state index contributed by atoms with van der Waals surface area (Å²) in [4.78, 5) is 0. The number of rotatable bonds is 5. The van der Waals surface area contributed by atoms with Crippen LogP contribution in [0.25, 0.3) is 0 Å². The van der Waals surface area contributed by atoms with E-state index in [4.69, 9.17) is 4.74 Å². The molecule has 0 unspecified atom stereocenters. The average molecular weight is 322 g/mol. The van der Waals surface area contributed by atoms with Crippen LogP contribution < -0.4 is 10.1 Å². The van der Waals surface area contributed by atoms with Gasteiger partial charge < -0.3 is 15.2 Å². The van der Waals surface area contributed by atoms with Crippen molar-refractivity contribution in [3.63, 3.8) is 0 Å². The van der Waals surface area contributed by atoms with Crippen LogP contribution in [0.5, 0.6) is 11.5 Å². The fourth-order valence-corrected chi connectivity index (χ4v) is 2.23. The minimum absolute atomic E-state index is 0.292. The summed E-state index contributed by atoms with van der Waals surface area (Å²) in [7, 11) is 1.66. The summed E-state index contributed by atoms with van der Waals surface area (Å²) in [5.74, 6) is 1.14. The van der Waals surface area contributed by atoms with E-state index in [2.05, 4.69) is 21.2 Å². The number of para-hydroxylation sites is 1. The number of aromatic hydroxyl groups is 1. The lowest BCUT2D eigenvalue weighted by Crippen LogP contribution is -2.12. The molecule has 0 radical (unpaired) electrons. The minimum atomic E-state index is 0.292. The molecule has 0 atom stereocenters. The van der Waals surface area contributed by atoms with Gasteiger partial charge in [0.05, 0.1) is 11.6 Å². The van der Waals surface area contributed by atoms with Crippen LogP contribution in [0.3, 0.4) is 0 Å². The highest BCUT2D eigenvalue weighted by molar-refractivity contribution is 9.10. The van der Waals surface area contributed by atoms with Crippen molar-refractivity contribution in [2.45, 2.75) is 13.1 Å². The highest BCUT2D eigenvalue weighted by Crippen LogP contribution is 2.27. The zero-order chi connectivity index (χ0) is 13.7. The first-order chi connectivity index (χ1) is 9.20. The Bertz CT molecular complexity index is 558. The molecule has 2 aromatic carbocycles. The second-order valence-corrected chi connectivity index (χ2v) is 5.06. The number of benzene rings is 2. The van der Waals surface area contributed by atoms with E-state index < -0.39 is 0 Å². The lowest BCUT2D eigenvalue weighted by atomic mass is 10.2. The second kappa shape index (κ2) is 6.59. The lowest BCUT2D eigenvalue weighted by molar-refractivity contribution is 0.414. The van der Waals surface area contributed by atoms with Gasteiger partial charge in [0.15, 0.2) is 0 Å². The largest absolute Gasteiger partial charge is 0.506 e. The normalized spacial score (nSPS) is 10.4. The molecule has 2 aromatic rings. The molecule has 0 fully saturated rings. The highest BCUT2D eigenvalue weighted by atomic mass is 79.9. The van der Waals surface area contributed by atoms with Crippen LogP contribution in [0.4, 0.5) is 0 Å². The summed E-state index contributed by atoms with van der Waals surface area (Å²) in [5, 5.41) is 13.2. The molecule has 0 saturated carbocycles. The van der Waals surface area contributed by atoms with Crippen molar-refractivity contribution < 1.29 is 9.84 Å². The number of hydrogen-bond acceptors (Lipinski definition) is 3. The summed E-state index contributed by atoms with van der Waals surface area (Å²) in [5.41, 5.74) is 2.02. The van der Waals surface area contributed by atoms with Crippen LogP contribution in [0.2, 0.25) is 0 Å². The van der Waals surface area contributed by atoms with E-state index in [1.807, 2.05) is 42.5 Å². The van der Waals surface area contributed by atoms with Crippen LogP contribution in [-0.4, -0.2) is 12.2 Å². The zero-order valence-electron chi connectivity index (χ0n) is 10.7. The fraction of sp³-hybridized carbons (Fsp3) is 0.200. The number of phenolic OH excluding ortho intramolecular Hbond substituents is 1. The molecule has 3 nitrogen and oxygen atoms in total. The third-order valence-electron chi connectivity index (χ3n) is 2.85. The van der Waals surface area contributed by atoms with Gasteiger partial charge in [0.1, 0.15) is 11.5 Å². The Morgan fingerprint density at radius 3 is 2.74 bits per heavy atom. The van der Waals surface area contributed by atoms with Crippen molar-refractivity contribution in [1.29, 1.82) is 0 Å². The molecule has 2 N–H and O–H groups in total. The van der Waals surface area contributed by atoms with Crippen LogP contribution in [0.15, 0.2) is 46.9 Å². The van der Waals surface area contributed by atoms with Gasteiger partial charge in [0, 0.05) is 18.7 Å². The van der Waals surface area contributed by atoms with Crippen molar-refractivity contribution in [2.75, 3.05) is 7.11 Å². The molecule has 2 rings (SSSR count). The van der Waals surface area contributed by atoms with E-state index in [0.717, 1.165) is 23.4 Å². The lowest BCUT2D eigenvalue weighted by Gasteiger charge is -2.09. The Morgan fingerprint density at radius 2 is 1.95 bits per heavy atom. The average Bonchev–Trinajstić information content (AvgIpc) is 2.44. The predicted octanol–water partition coefficient (Wildman–Crippen LogP) is 3.45. The zero-order valence-corrected chi connectivity index (χ0v) is 12.3. The quantitative estimate of drug-likeness (QED) is 0.886. The molecule has 0 aliphatic heterocycles. The van der Waals surface area contributed by atoms with Crippen molar-refractivity contribution in [1.82, 2.24) is 5.32 Å². The Balaban J connectivity index is 1.94. The molecule has 0 saturated heterocycles. The van der Waals surface area contributed by atoms with E-state index in [9.17, 15) is 5.11 Å². The van der Waals surface area contributed by atoms with Crippen molar-refractivity contribution >= 4 is 15.9 Å². The first-order valence-corrected chi connectivity index (χ1v) is 6.80. The first kappa shape index (κ1) is 13.9. The molecule has 0 aliphatic rings. The van der Waals surface area contributed by atoms with Gasteiger partial charge in [-0.2, -0.15) is 0 Å². The van der Waals surface area contributed by atoms with E-state index in [1.165, 1.54) is 0 Å². The maximum absolute atomic E-state index is 9.87. The number of ether oxygens (including phenoxy) is 1. The molecular weight excluding hydrogens is 306 g/mol. The Kier molecular flexibility index (Phi) is 4.82. The number of nitrogens with one attached hydrogen (secondary N) is 1. The van der Waals surface area contributed by atoms with Crippen LogP contribution >= 0.6 is 15.9 Å². The topological polar surface area (TPSA) is 41.5 Å². The van der Waals surface area contributed by atoms with Gasteiger partial charge in [-0.1, -0.05) is 24.3 Å². The maximum atomic E-state index is 9.87. The monoisotopic (exact) mass is 321 g/mol. The van der Waals surface area contributed by atoms with E-state index in [-0.39, 0.29) is 0 Å². The molecule has 0 aliphatic carbocycles. The smallest absolute Gasteiger partial charge is 0.134 e.